The summed E-state index contributed by atoms with van der Waals surface area (Å²) < 4.78 is 10.8. The van der Waals surface area contributed by atoms with Gasteiger partial charge in [-0.2, -0.15) is 0 Å². The summed E-state index contributed by atoms with van der Waals surface area (Å²) in [5.41, 5.74) is 0. The van der Waals surface area contributed by atoms with Gasteiger partial charge in [-0.05, 0) is 18.6 Å². The predicted octanol–water partition coefficient (Wildman–Crippen LogP) is 1.50. The first-order chi connectivity index (χ1) is 6.45. The molecule has 2 rings (SSSR count). The second kappa shape index (κ2) is 4.23. The molecule has 1 unspecified atom stereocenters. The van der Waals surface area contributed by atoms with Gasteiger partial charge >= 0.3 is 0 Å². The maximum atomic E-state index is 5.55. The number of ether oxygens (including phenoxy) is 2. The van der Waals surface area contributed by atoms with Crippen LogP contribution in [0, 0.1) is 5.92 Å². The summed E-state index contributed by atoms with van der Waals surface area (Å²) in [7, 11) is 0. The van der Waals surface area contributed by atoms with Crippen molar-refractivity contribution >= 4 is 0 Å². The highest BCUT2D eigenvalue weighted by Crippen LogP contribution is 2.14. The lowest BCUT2D eigenvalue weighted by atomic mass is 10.1. The van der Waals surface area contributed by atoms with Crippen molar-refractivity contribution in [2.24, 2.45) is 5.92 Å². The van der Waals surface area contributed by atoms with Crippen LogP contribution in [0.25, 0.3) is 0 Å². The molecule has 0 aliphatic carbocycles. The van der Waals surface area contributed by atoms with Crippen LogP contribution in [0.1, 0.15) is 6.42 Å². The molecule has 1 fully saturated rings. The standard InChI is InChI=1S/C10H13NO2/c1-2-10(6-11-4-1)13-8-9-3-5-12-7-9/h1-2,4,6,9H,3,5,7-8H2. The Morgan fingerprint density at radius 1 is 1.62 bits per heavy atom. The number of nitrogens with zero attached hydrogens (tertiary/aromatic N) is 1. The average Bonchev–Trinajstić information content (AvgIpc) is 2.69. The van der Waals surface area contributed by atoms with Gasteiger partial charge in [0, 0.05) is 18.7 Å². The predicted molar refractivity (Wildman–Crippen MR) is 48.7 cm³/mol. The van der Waals surface area contributed by atoms with Crippen LogP contribution in [0.5, 0.6) is 5.75 Å². The molecule has 0 amide bonds. The third-order valence-electron chi connectivity index (χ3n) is 2.14. The minimum Gasteiger partial charge on any atom is -0.492 e. The Balaban J connectivity index is 1.79. The van der Waals surface area contributed by atoms with E-state index in [1.807, 2.05) is 12.1 Å². The largest absolute Gasteiger partial charge is 0.492 e. The Kier molecular flexibility index (Phi) is 2.77. The molecule has 2 heterocycles. The molecule has 0 saturated carbocycles. The number of hydrogen-bond acceptors (Lipinski definition) is 3. The van der Waals surface area contributed by atoms with E-state index in [4.69, 9.17) is 9.47 Å². The van der Waals surface area contributed by atoms with Crippen LogP contribution in [0.2, 0.25) is 0 Å². The van der Waals surface area contributed by atoms with Crippen LogP contribution >= 0.6 is 0 Å². The molecule has 70 valence electrons. The van der Waals surface area contributed by atoms with Crippen LogP contribution in [-0.4, -0.2) is 24.8 Å². The molecule has 1 aromatic heterocycles. The van der Waals surface area contributed by atoms with Gasteiger partial charge < -0.3 is 9.47 Å². The van der Waals surface area contributed by atoms with Gasteiger partial charge in [0.05, 0.1) is 19.4 Å². The normalized spacial score (nSPS) is 21.7. The SMILES string of the molecule is c1cncc(OCC2CCOC2)c1. The molecule has 3 nitrogen and oxygen atoms in total. The molecule has 1 aromatic rings. The number of rotatable bonds is 3. The van der Waals surface area contributed by atoms with E-state index in [-0.39, 0.29) is 0 Å². The van der Waals surface area contributed by atoms with Crippen molar-refractivity contribution in [1.29, 1.82) is 0 Å². The van der Waals surface area contributed by atoms with Crippen molar-refractivity contribution in [3.8, 4) is 5.75 Å². The molecule has 0 bridgehead atoms. The highest BCUT2D eigenvalue weighted by atomic mass is 16.5. The summed E-state index contributed by atoms with van der Waals surface area (Å²) >= 11 is 0. The van der Waals surface area contributed by atoms with Gasteiger partial charge in [-0.3, -0.25) is 4.98 Å². The zero-order valence-electron chi connectivity index (χ0n) is 7.48. The molecular weight excluding hydrogens is 166 g/mol. The van der Waals surface area contributed by atoms with Crippen LogP contribution < -0.4 is 4.74 Å². The molecule has 13 heavy (non-hydrogen) atoms. The Bertz CT molecular complexity index is 244. The number of pyridine rings is 1. The van der Waals surface area contributed by atoms with Gasteiger partial charge in [0.25, 0.3) is 0 Å². The highest BCUT2D eigenvalue weighted by molar-refractivity contribution is 5.15. The molecule has 0 N–H and O–H groups in total. The van der Waals surface area contributed by atoms with Gasteiger partial charge in [-0.25, -0.2) is 0 Å². The zero-order valence-corrected chi connectivity index (χ0v) is 7.48. The van der Waals surface area contributed by atoms with E-state index >= 15 is 0 Å². The van der Waals surface area contributed by atoms with Crippen LogP contribution in [0.15, 0.2) is 24.5 Å². The third kappa shape index (κ3) is 2.42. The average molecular weight is 179 g/mol. The first-order valence-corrected chi connectivity index (χ1v) is 4.56. The molecule has 0 aromatic carbocycles. The van der Waals surface area contributed by atoms with E-state index in [1.165, 1.54) is 0 Å². The third-order valence-corrected chi connectivity index (χ3v) is 2.14. The Labute approximate surface area is 77.7 Å². The summed E-state index contributed by atoms with van der Waals surface area (Å²) in [6.07, 6.45) is 4.58. The van der Waals surface area contributed by atoms with Crippen molar-refractivity contribution in [1.82, 2.24) is 4.98 Å². The fraction of sp³-hybridized carbons (Fsp3) is 0.500. The van der Waals surface area contributed by atoms with E-state index in [0.717, 1.165) is 32.0 Å². The molecule has 3 heteroatoms. The van der Waals surface area contributed by atoms with Gasteiger partial charge in [0.15, 0.2) is 0 Å². The maximum Gasteiger partial charge on any atom is 0.137 e. The summed E-state index contributed by atoms with van der Waals surface area (Å²) in [4.78, 5) is 3.97. The Morgan fingerprint density at radius 3 is 3.31 bits per heavy atom. The lowest BCUT2D eigenvalue weighted by Gasteiger charge is -2.09. The number of aromatic nitrogens is 1. The van der Waals surface area contributed by atoms with Crippen molar-refractivity contribution < 1.29 is 9.47 Å². The molecule has 1 aliphatic heterocycles. The fourth-order valence-electron chi connectivity index (χ4n) is 1.36. The summed E-state index contributed by atoms with van der Waals surface area (Å²) in [6.45, 7) is 2.45. The van der Waals surface area contributed by atoms with Crippen LogP contribution in [0.4, 0.5) is 0 Å². The minimum absolute atomic E-state index is 0.556. The maximum absolute atomic E-state index is 5.55. The summed E-state index contributed by atoms with van der Waals surface area (Å²) in [6, 6.07) is 3.79. The number of hydrogen-bond donors (Lipinski definition) is 0. The quantitative estimate of drug-likeness (QED) is 0.704. The van der Waals surface area contributed by atoms with Crippen LogP contribution in [0.3, 0.4) is 0 Å². The molecule has 1 saturated heterocycles. The van der Waals surface area contributed by atoms with E-state index in [1.54, 1.807) is 12.4 Å². The van der Waals surface area contributed by atoms with Gasteiger partial charge in [0.1, 0.15) is 5.75 Å². The molecule has 1 atom stereocenters. The van der Waals surface area contributed by atoms with Crippen molar-refractivity contribution in [2.75, 3.05) is 19.8 Å². The second-order valence-electron chi connectivity index (χ2n) is 3.23. The second-order valence-corrected chi connectivity index (χ2v) is 3.23. The molecule has 0 spiro atoms. The minimum atomic E-state index is 0.556. The molecule has 1 aliphatic rings. The van der Waals surface area contributed by atoms with Gasteiger partial charge in [-0.1, -0.05) is 0 Å². The molecular formula is C10H13NO2. The van der Waals surface area contributed by atoms with Gasteiger partial charge in [0.2, 0.25) is 0 Å². The van der Waals surface area contributed by atoms with E-state index in [0.29, 0.717) is 5.92 Å². The topological polar surface area (TPSA) is 31.4 Å². The monoisotopic (exact) mass is 179 g/mol. The van der Waals surface area contributed by atoms with E-state index < -0.39 is 0 Å². The fourth-order valence-corrected chi connectivity index (χ4v) is 1.36. The Morgan fingerprint density at radius 2 is 2.62 bits per heavy atom. The van der Waals surface area contributed by atoms with Crippen molar-refractivity contribution in [2.45, 2.75) is 6.42 Å². The first-order valence-electron chi connectivity index (χ1n) is 4.56. The first kappa shape index (κ1) is 8.51. The lowest BCUT2D eigenvalue weighted by molar-refractivity contribution is 0.167. The smallest absolute Gasteiger partial charge is 0.137 e. The van der Waals surface area contributed by atoms with Gasteiger partial charge in [-0.15, -0.1) is 0 Å². The van der Waals surface area contributed by atoms with E-state index in [9.17, 15) is 0 Å². The Hall–Kier alpha value is -1.09. The van der Waals surface area contributed by atoms with E-state index in [2.05, 4.69) is 4.98 Å². The van der Waals surface area contributed by atoms with Crippen LogP contribution in [-0.2, 0) is 4.74 Å². The summed E-state index contributed by atoms with van der Waals surface area (Å²) in [5.74, 6) is 1.40. The summed E-state index contributed by atoms with van der Waals surface area (Å²) in [5, 5.41) is 0. The molecule has 0 radical (unpaired) electrons. The zero-order chi connectivity index (χ0) is 8.93. The lowest BCUT2D eigenvalue weighted by Crippen LogP contribution is -2.11. The van der Waals surface area contributed by atoms with Crippen molar-refractivity contribution in [3.05, 3.63) is 24.5 Å². The highest BCUT2D eigenvalue weighted by Gasteiger charge is 2.15. The van der Waals surface area contributed by atoms with Crippen molar-refractivity contribution in [3.63, 3.8) is 0 Å².